The number of nitrogens with two attached hydrogens (primary N) is 1. The van der Waals surface area contributed by atoms with Crippen molar-refractivity contribution in [3.8, 4) is 0 Å². The van der Waals surface area contributed by atoms with Crippen LogP contribution < -0.4 is 5.73 Å². The molecule has 0 aliphatic carbocycles. The molecule has 78 valence electrons. The van der Waals surface area contributed by atoms with Crippen molar-refractivity contribution in [1.82, 2.24) is 0 Å². The van der Waals surface area contributed by atoms with Crippen LogP contribution in [0.25, 0.3) is 0 Å². The summed E-state index contributed by atoms with van der Waals surface area (Å²) in [5.41, 5.74) is 8.48. The van der Waals surface area contributed by atoms with Gasteiger partial charge < -0.3 is 10.5 Å². The summed E-state index contributed by atoms with van der Waals surface area (Å²) in [6, 6.07) is 8.28. The van der Waals surface area contributed by atoms with Gasteiger partial charge in [-0.2, -0.15) is 0 Å². The molecular formula is C12H19NO. The zero-order chi connectivity index (χ0) is 10.6. The minimum atomic E-state index is -0.0226. The van der Waals surface area contributed by atoms with Crippen molar-refractivity contribution in [2.75, 3.05) is 7.11 Å². The summed E-state index contributed by atoms with van der Waals surface area (Å²) in [5, 5.41) is 0. The van der Waals surface area contributed by atoms with E-state index < -0.39 is 0 Å². The molecule has 1 aromatic carbocycles. The average Bonchev–Trinajstić information content (AvgIpc) is 2.20. The quantitative estimate of drug-likeness (QED) is 0.797. The summed E-state index contributed by atoms with van der Waals surface area (Å²) in [6.45, 7) is 4.16. The Morgan fingerprint density at radius 1 is 1.29 bits per heavy atom. The van der Waals surface area contributed by atoms with E-state index in [0.717, 1.165) is 12.0 Å². The van der Waals surface area contributed by atoms with Crippen LogP contribution in [0.1, 0.15) is 30.5 Å². The fourth-order valence-corrected chi connectivity index (χ4v) is 1.57. The van der Waals surface area contributed by atoms with Crippen LogP contribution in [0.15, 0.2) is 24.3 Å². The van der Waals surface area contributed by atoms with E-state index in [4.69, 9.17) is 10.5 Å². The van der Waals surface area contributed by atoms with Gasteiger partial charge in [-0.1, -0.05) is 36.8 Å². The fourth-order valence-electron chi connectivity index (χ4n) is 1.57. The van der Waals surface area contributed by atoms with Crippen molar-refractivity contribution in [2.24, 2.45) is 5.73 Å². The van der Waals surface area contributed by atoms with Gasteiger partial charge in [0.15, 0.2) is 0 Å². The van der Waals surface area contributed by atoms with Gasteiger partial charge in [0, 0.05) is 7.11 Å². The van der Waals surface area contributed by atoms with E-state index >= 15 is 0 Å². The van der Waals surface area contributed by atoms with Gasteiger partial charge in [-0.05, 0) is 18.9 Å². The number of benzene rings is 1. The van der Waals surface area contributed by atoms with Gasteiger partial charge in [0.25, 0.3) is 0 Å². The number of ether oxygens (including phenoxy) is 1. The van der Waals surface area contributed by atoms with Gasteiger partial charge in [-0.3, -0.25) is 0 Å². The molecule has 0 bridgehead atoms. The summed E-state index contributed by atoms with van der Waals surface area (Å²) >= 11 is 0. The Bertz CT molecular complexity index is 264. The molecule has 2 heteroatoms. The molecule has 0 aliphatic rings. The Labute approximate surface area is 86.1 Å². The number of methoxy groups -OCH3 is 1. The second-order valence-corrected chi connectivity index (χ2v) is 3.62. The summed E-state index contributed by atoms with van der Waals surface area (Å²) in [6.07, 6.45) is 1.05. The molecule has 0 saturated heterocycles. The van der Waals surface area contributed by atoms with E-state index in [-0.39, 0.29) is 12.1 Å². The molecule has 1 aromatic rings. The highest BCUT2D eigenvalue weighted by molar-refractivity contribution is 5.24. The molecule has 1 rings (SSSR count). The monoisotopic (exact) mass is 193 g/mol. The molecule has 0 saturated carbocycles. The molecule has 0 heterocycles. The van der Waals surface area contributed by atoms with Gasteiger partial charge in [0.1, 0.15) is 0 Å². The minimum absolute atomic E-state index is 0.0226. The first-order valence-corrected chi connectivity index (χ1v) is 5.04. The summed E-state index contributed by atoms with van der Waals surface area (Å²) in [5.74, 6) is 0. The lowest BCUT2D eigenvalue weighted by Crippen LogP contribution is -2.27. The van der Waals surface area contributed by atoms with Crippen LogP contribution >= 0.6 is 0 Å². The average molecular weight is 193 g/mol. The third kappa shape index (κ3) is 2.56. The Morgan fingerprint density at radius 3 is 2.29 bits per heavy atom. The Morgan fingerprint density at radius 2 is 1.86 bits per heavy atom. The molecule has 0 aliphatic heterocycles. The molecule has 0 amide bonds. The maximum Gasteiger partial charge on any atom is 0.0761 e. The number of aryl methyl sites for hydroxylation is 1. The molecule has 0 radical (unpaired) electrons. The number of hydrogen-bond acceptors (Lipinski definition) is 2. The Kier molecular flexibility index (Phi) is 4.11. The highest BCUT2D eigenvalue weighted by Gasteiger charge is 2.16. The molecule has 0 aromatic heterocycles. The molecule has 2 unspecified atom stereocenters. The van der Waals surface area contributed by atoms with Gasteiger partial charge in [-0.25, -0.2) is 0 Å². The molecule has 2 atom stereocenters. The van der Waals surface area contributed by atoms with Gasteiger partial charge in [-0.15, -0.1) is 0 Å². The van der Waals surface area contributed by atoms with Crippen molar-refractivity contribution in [2.45, 2.75) is 32.4 Å². The number of rotatable bonds is 4. The van der Waals surface area contributed by atoms with Crippen LogP contribution in [0.4, 0.5) is 0 Å². The standard InChI is InChI=1S/C12H19NO/c1-4-11(14-3)12(13)10-7-5-9(2)6-8-10/h5-8,11-12H,4,13H2,1-3H3. The first kappa shape index (κ1) is 11.2. The lowest BCUT2D eigenvalue weighted by Gasteiger charge is -2.21. The third-order valence-corrected chi connectivity index (χ3v) is 2.57. The van der Waals surface area contributed by atoms with Crippen molar-refractivity contribution in [1.29, 1.82) is 0 Å². The van der Waals surface area contributed by atoms with Crippen molar-refractivity contribution < 1.29 is 4.74 Å². The van der Waals surface area contributed by atoms with Crippen LogP contribution in [0.5, 0.6) is 0 Å². The normalized spacial score (nSPS) is 15.1. The second kappa shape index (κ2) is 5.13. The topological polar surface area (TPSA) is 35.2 Å². The second-order valence-electron chi connectivity index (χ2n) is 3.62. The summed E-state index contributed by atoms with van der Waals surface area (Å²) in [4.78, 5) is 0. The minimum Gasteiger partial charge on any atom is -0.379 e. The molecule has 2 N–H and O–H groups in total. The lowest BCUT2D eigenvalue weighted by atomic mass is 9.99. The zero-order valence-electron chi connectivity index (χ0n) is 9.16. The van der Waals surface area contributed by atoms with Crippen LogP contribution in [0.3, 0.4) is 0 Å². The SMILES string of the molecule is CCC(OC)C(N)c1ccc(C)cc1. The Hall–Kier alpha value is -0.860. The van der Waals surface area contributed by atoms with Crippen molar-refractivity contribution >= 4 is 0 Å². The van der Waals surface area contributed by atoms with E-state index in [1.54, 1.807) is 7.11 Å². The van der Waals surface area contributed by atoms with E-state index in [0.29, 0.717) is 0 Å². The lowest BCUT2D eigenvalue weighted by molar-refractivity contribution is 0.0772. The van der Waals surface area contributed by atoms with Crippen LogP contribution in [-0.4, -0.2) is 13.2 Å². The number of hydrogen-bond donors (Lipinski definition) is 1. The first-order valence-electron chi connectivity index (χ1n) is 5.04. The van der Waals surface area contributed by atoms with E-state index in [1.807, 2.05) is 0 Å². The van der Waals surface area contributed by atoms with Crippen LogP contribution in [-0.2, 0) is 4.74 Å². The van der Waals surface area contributed by atoms with Crippen molar-refractivity contribution in [3.63, 3.8) is 0 Å². The molecule has 2 nitrogen and oxygen atoms in total. The van der Waals surface area contributed by atoms with E-state index in [9.17, 15) is 0 Å². The van der Waals surface area contributed by atoms with Gasteiger partial charge >= 0.3 is 0 Å². The molecule has 0 fully saturated rings. The predicted molar refractivity (Wildman–Crippen MR) is 59.2 cm³/mol. The summed E-state index contributed by atoms with van der Waals surface area (Å²) in [7, 11) is 1.71. The van der Waals surface area contributed by atoms with Gasteiger partial charge in [0.05, 0.1) is 12.1 Å². The smallest absolute Gasteiger partial charge is 0.0761 e. The first-order chi connectivity index (χ1) is 6.69. The fraction of sp³-hybridized carbons (Fsp3) is 0.500. The van der Waals surface area contributed by atoms with E-state index in [2.05, 4.69) is 38.1 Å². The molecule has 14 heavy (non-hydrogen) atoms. The zero-order valence-corrected chi connectivity index (χ0v) is 9.16. The third-order valence-electron chi connectivity index (χ3n) is 2.57. The summed E-state index contributed by atoms with van der Waals surface area (Å²) < 4.78 is 5.32. The molecular weight excluding hydrogens is 174 g/mol. The van der Waals surface area contributed by atoms with Crippen LogP contribution in [0, 0.1) is 6.92 Å². The van der Waals surface area contributed by atoms with E-state index in [1.165, 1.54) is 5.56 Å². The highest BCUT2D eigenvalue weighted by atomic mass is 16.5. The van der Waals surface area contributed by atoms with Crippen molar-refractivity contribution in [3.05, 3.63) is 35.4 Å². The molecule has 0 spiro atoms. The maximum atomic E-state index is 6.09. The van der Waals surface area contributed by atoms with Gasteiger partial charge in [0.2, 0.25) is 0 Å². The van der Waals surface area contributed by atoms with Crippen LogP contribution in [0.2, 0.25) is 0 Å². The highest BCUT2D eigenvalue weighted by Crippen LogP contribution is 2.18. The Balaban J connectivity index is 2.77. The largest absolute Gasteiger partial charge is 0.379 e. The predicted octanol–water partition coefficient (Wildman–Crippen LogP) is 2.42. The maximum absolute atomic E-state index is 6.09.